The van der Waals surface area contributed by atoms with Crippen molar-refractivity contribution in [3.05, 3.63) is 47.3 Å². The Labute approximate surface area is 137 Å². The number of aromatic nitrogens is 2. The van der Waals surface area contributed by atoms with Crippen LogP contribution in [-0.2, 0) is 19.4 Å². The molecule has 1 aromatic carbocycles. The topological polar surface area (TPSA) is 41.3 Å². The van der Waals surface area contributed by atoms with Gasteiger partial charge in [-0.1, -0.05) is 18.2 Å². The summed E-state index contributed by atoms with van der Waals surface area (Å²) >= 11 is 0. The number of aliphatic hydroxyl groups is 1. The van der Waals surface area contributed by atoms with Crippen LogP contribution >= 0.6 is 0 Å². The summed E-state index contributed by atoms with van der Waals surface area (Å²) in [4.78, 5) is 2.22. The summed E-state index contributed by atoms with van der Waals surface area (Å²) in [5, 5.41) is 15.0. The smallest absolute Gasteiger partial charge is 0.0803 e. The molecule has 1 saturated carbocycles. The van der Waals surface area contributed by atoms with E-state index in [0.717, 1.165) is 31.6 Å². The summed E-state index contributed by atoms with van der Waals surface area (Å²) in [5.41, 5.74) is 5.15. The van der Waals surface area contributed by atoms with Crippen molar-refractivity contribution < 1.29 is 5.11 Å². The Hall–Kier alpha value is -1.65. The number of benzene rings is 1. The van der Waals surface area contributed by atoms with E-state index in [0.29, 0.717) is 5.92 Å². The lowest BCUT2D eigenvalue weighted by Crippen LogP contribution is -2.30. The largest absolute Gasteiger partial charge is 0.392 e. The third kappa shape index (κ3) is 3.06. The first-order valence-corrected chi connectivity index (χ1v) is 8.74. The van der Waals surface area contributed by atoms with E-state index >= 15 is 0 Å². The molecule has 2 aromatic rings. The van der Waals surface area contributed by atoms with E-state index in [1.165, 1.54) is 36.2 Å². The molecule has 0 bridgehead atoms. The van der Waals surface area contributed by atoms with E-state index in [1.54, 1.807) is 0 Å². The molecule has 1 atom stereocenters. The standard InChI is InChI=1S/C19H25N3O/c1-21(13-19(23)14-10-11-14)12-17-16-8-5-9-18(16)22(20-17)15-6-3-2-4-7-15/h2-4,6-7,14,19,23H,5,8-13H2,1H3. The SMILES string of the molecule is CN(Cc1nn(-c2ccccc2)c2c1CCC2)CC(O)C1CC1. The highest BCUT2D eigenvalue weighted by Gasteiger charge is 2.31. The van der Waals surface area contributed by atoms with E-state index in [2.05, 4.69) is 40.9 Å². The molecule has 0 spiro atoms. The quantitative estimate of drug-likeness (QED) is 0.891. The minimum atomic E-state index is -0.177. The van der Waals surface area contributed by atoms with Crippen molar-refractivity contribution in [1.29, 1.82) is 0 Å². The number of aliphatic hydroxyl groups excluding tert-OH is 1. The molecule has 122 valence electrons. The summed E-state index contributed by atoms with van der Waals surface area (Å²) in [7, 11) is 2.09. The Kier molecular flexibility index (Phi) is 3.95. The van der Waals surface area contributed by atoms with Crippen LogP contribution in [0.25, 0.3) is 5.69 Å². The highest BCUT2D eigenvalue weighted by atomic mass is 16.3. The van der Waals surface area contributed by atoms with Crippen LogP contribution in [0.1, 0.15) is 36.2 Å². The van der Waals surface area contributed by atoms with Crippen LogP contribution in [0.5, 0.6) is 0 Å². The molecule has 4 nitrogen and oxygen atoms in total. The number of fused-ring (bicyclic) bond motifs is 1. The molecule has 1 aromatic heterocycles. The van der Waals surface area contributed by atoms with Gasteiger partial charge in [0, 0.05) is 18.8 Å². The lowest BCUT2D eigenvalue weighted by molar-refractivity contribution is 0.103. The molecule has 1 N–H and O–H groups in total. The van der Waals surface area contributed by atoms with E-state index in [1.807, 2.05) is 6.07 Å². The molecule has 0 aliphatic heterocycles. The number of para-hydroxylation sites is 1. The lowest BCUT2D eigenvalue weighted by Gasteiger charge is -2.19. The summed E-state index contributed by atoms with van der Waals surface area (Å²) in [5.74, 6) is 0.532. The molecule has 2 aliphatic rings. The van der Waals surface area contributed by atoms with Gasteiger partial charge in [-0.2, -0.15) is 5.10 Å². The first-order valence-electron chi connectivity index (χ1n) is 8.74. The maximum atomic E-state index is 10.1. The maximum Gasteiger partial charge on any atom is 0.0803 e. The Morgan fingerprint density at radius 2 is 2.04 bits per heavy atom. The van der Waals surface area contributed by atoms with Crippen LogP contribution in [0.15, 0.2) is 30.3 Å². The van der Waals surface area contributed by atoms with Gasteiger partial charge in [-0.15, -0.1) is 0 Å². The zero-order valence-electron chi connectivity index (χ0n) is 13.8. The van der Waals surface area contributed by atoms with Crippen molar-refractivity contribution in [3.8, 4) is 5.69 Å². The molecule has 23 heavy (non-hydrogen) atoms. The second-order valence-corrected chi connectivity index (χ2v) is 7.07. The van der Waals surface area contributed by atoms with E-state index in [4.69, 9.17) is 5.10 Å². The monoisotopic (exact) mass is 311 g/mol. The van der Waals surface area contributed by atoms with Gasteiger partial charge in [-0.3, -0.25) is 4.90 Å². The van der Waals surface area contributed by atoms with Crippen LogP contribution in [-0.4, -0.2) is 39.5 Å². The predicted molar refractivity (Wildman–Crippen MR) is 90.7 cm³/mol. The highest BCUT2D eigenvalue weighted by Crippen LogP contribution is 2.33. The predicted octanol–water partition coefficient (Wildman–Crippen LogP) is 2.56. The molecule has 2 aliphatic carbocycles. The zero-order chi connectivity index (χ0) is 15.8. The lowest BCUT2D eigenvalue weighted by atomic mass is 10.1. The van der Waals surface area contributed by atoms with Gasteiger partial charge in [0.25, 0.3) is 0 Å². The fourth-order valence-corrected chi connectivity index (χ4v) is 3.69. The fourth-order valence-electron chi connectivity index (χ4n) is 3.69. The Morgan fingerprint density at radius 3 is 2.78 bits per heavy atom. The van der Waals surface area contributed by atoms with Crippen molar-refractivity contribution in [2.45, 2.75) is 44.8 Å². The van der Waals surface area contributed by atoms with Crippen LogP contribution in [0.2, 0.25) is 0 Å². The first-order chi connectivity index (χ1) is 11.2. The average molecular weight is 311 g/mol. The Bertz CT molecular complexity index is 675. The average Bonchev–Trinajstić information content (AvgIpc) is 3.20. The third-order valence-electron chi connectivity index (χ3n) is 5.10. The van der Waals surface area contributed by atoms with Gasteiger partial charge in [0.15, 0.2) is 0 Å². The first kappa shape index (κ1) is 14.9. The van der Waals surface area contributed by atoms with Crippen LogP contribution in [0, 0.1) is 5.92 Å². The van der Waals surface area contributed by atoms with Gasteiger partial charge in [0.2, 0.25) is 0 Å². The Balaban J connectivity index is 1.54. The second-order valence-electron chi connectivity index (χ2n) is 7.07. The molecular weight excluding hydrogens is 286 g/mol. The zero-order valence-corrected chi connectivity index (χ0v) is 13.8. The molecule has 4 heteroatoms. The van der Waals surface area contributed by atoms with Crippen molar-refractivity contribution in [2.24, 2.45) is 5.92 Å². The molecule has 1 fully saturated rings. The highest BCUT2D eigenvalue weighted by molar-refractivity contribution is 5.39. The van der Waals surface area contributed by atoms with Gasteiger partial charge in [0.1, 0.15) is 0 Å². The molecule has 1 unspecified atom stereocenters. The summed E-state index contributed by atoms with van der Waals surface area (Å²) in [6.07, 6.45) is 5.67. The second kappa shape index (κ2) is 6.10. The molecule has 1 heterocycles. The molecular formula is C19H25N3O. The van der Waals surface area contributed by atoms with Gasteiger partial charge in [-0.05, 0) is 62.8 Å². The fraction of sp³-hybridized carbons (Fsp3) is 0.526. The third-order valence-corrected chi connectivity index (χ3v) is 5.10. The summed E-state index contributed by atoms with van der Waals surface area (Å²) in [6.45, 7) is 1.57. The van der Waals surface area contributed by atoms with Gasteiger partial charge < -0.3 is 5.11 Å². The van der Waals surface area contributed by atoms with Gasteiger partial charge in [-0.25, -0.2) is 4.68 Å². The van der Waals surface area contributed by atoms with Crippen molar-refractivity contribution in [2.75, 3.05) is 13.6 Å². The summed E-state index contributed by atoms with van der Waals surface area (Å²) < 4.78 is 2.13. The van der Waals surface area contributed by atoms with Gasteiger partial charge >= 0.3 is 0 Å². The van der Waals surface area contributed by atoms with Crippen molar-refractivity contribution in [1.82, 2.24) is 14.7 Å². The van der Waals surface area contributed by atoms with Crippen LogP contribution in [0.3, 0.4) is 0 Å². The molecule has 4 rings (SSSR count). The van der Waals surface area contributed by atoms with Crippen LogP contribution < -0.4 is 0 Å². The number of likely N-dealkylation sites (N-methyl/N-ethyl adjacent to an activating group) is 1. The normalized spacial score (nSPS) is 18.4. The minimum absolute atomic E-state index is 0.177. The minimum Gasteiger partial charge on any atom is -0.392 e. The summed E-state index contributed by atoms with van der Waals surface area (Å²) in [6, 6.07) is 10.4. The number of nitrogens with zero attached hydrogens (tertiary/aromatic N) is 3. The van der Waals surface area contributed by atoms with Gasteiger partial charge in [0.05, 0.1) is 17.5 Å². The molecule has 0 radical (unpaired) electrons. The van der Waals surface area contributed by atoms with E-state index in [-0.39, 0.29) is 6.10 Å². The van der Waals surface area contributed by atoms with Crippen molar-refractivity contribution in [3.63, 3.8) is 0 Å². The number of hydrogen-bond donors (Lipinski definition) is 1. The Morgan fingerprint density at radius 1 is 1.26 bits per heavy atom. The van der Waals surface area contributed by atoms with Crippen LogP contribution in [0.4, 0.5) is 0 Å². The molecule has 0 saturated heterocycles. The number of hydrogen-bond acceptors (Lipinski definition) is 3. The van der Waals surface area contributed by atoms with E-state index < -0.39 is 0 Å². The number of rotatable bonds is 6. The van der Waals surface area contributed by atoms with Crippen molar-refractivity contribution >= 4 is 0 Å². The molecule has 0 amide bonds. The van der Waals surface area contributed by atoms with E-state index in [9.17, 15) is 5.11 Å². The maximum absolute atomic E-state index is 10.1.